The molecule has 6 heteroatoms. The van der Waals surface area contributed by atoms with E-state index in [1.807, 2.05) is 6.07 Å². The summed E-state index contributed by atoms with van der Waals surface area (Å²) in [7, 11) is 0. The molecule has 0 unspecified atom stereocenters. The van der Waals surface area contributed by atoms with Gasteiger partial charge in [0.05, 0.1) is 16.5 Å². The van der Waals surface area contributed by atoms with E-state index in [-0.39, 0.29) is 11.7 Å². The van der Waals surface area contributed by atoms with Gasteiger partial charge in [-0.15, -0.1) is 0 Å². The van der Waals surface area contributed by atoms with Crippen molar-refractivity contribution in [3.8, 4) is 11.8 Å². The summed E-state index contributed by atoms with van der Waals surface area (Å²) in [5.41, 5.74) is 0.905. The lowest BCUT2D eigenvalue weighted by molar-refractivity contribution is -0.113. The smallest absolute Gasteiger partial charge is 0.286 e. The van der Waals surface area contributed by atoms with Crippen molar-refractivity contribution in [2.45, 2.75) is 19.3 Å². The number of benzene rings is 1. The summed E-state index contributed by atoms with van der Waals surface area (Å²) in [6.07, 6.45) is 5.07. The number of thioether (sulfide) groups is 1. The zero-order valence-electron chi connectivity index (χ0n) is 12.0. The lowest BCUT2D eigenvalue weighted by Gasteiger charge is -2.27. The number of aromatic hydroxyl groups is 1. The van der Waals surface area contributed by atoms with Crippen molar-refractivity contribution in [2.75, 3.05) is 13.1 Å². The highest BCUT2D eigenvalue weighted by Gasteiger charge is 2.27. The molecular formula is C16H15N3O2S. The van der Waals surface area contributed by atoms with Crippen molar-refractivity contribution >= 4 is 28.9 Å². The maximum atomic E-state index is 12.0. The zero-order chi connectivity index (χ0) is 15.5. The van der Waals surface area contributed by atoms with Gasteiger partial charge in [-0.3, -0.25) is 4.79 Å². The number of nitrogens with zero attached hydrogens (tertiary/aromatic N) is 3. The number of carbonyl (C=O) groups is 1. The molecule has 0 saturated carbocycles. The third-order valence-corrected chi connectivity index (χ3v) is 4.72. The Kier molecular flexibility index (Phi) is 4.16. The van der Waals surface area contributed by atoms with Gasteiger partial charge in [-0.05, 0) is 55.3 Å². The summed E-state index contributed by atoms with van der Waals surface area (Å²) in [6, 6.07) is 6.58. The van der Waals surface area contributed by atoms with E-state index in [4.69, 9.17) is 5.26 Å². The minimum atomic E-state index is -0.285. The molecule has 0 atom stereocenters. The first-order chi connectivity index (χ1) is 10.7. The molecule has 22 heavy (non-hydrogen) atoms. The number of phenols is 1. The molecule has 2 heterocycles. The molecule has 3 rings (SSSR count). The largest absolute Gasteiger partial charge is 0.507 e. The highest BCUT2D eigenvalue weighted by molar-refractivity contribution is 8.18. The van der Waals surface area contributed by atoms with Crippen molar-refractivity contribution in [3.05, 3.63) is 34.2 Å². The Morgan fingerprint density at radius 3 is 2.82 bits per heavy atom. The Labute approximate surface area is 133 Å². The van der Waals surface area contributed by atoms with Gasteiger partial charge < -0.3 is 10.0 Å². The Bertz CT molecular complexity index is 713. The van der Waals surface area contributed by atoms with Gasteiger partial charge in [-0.2, -0.15) is 10.3 Å². The molecule has 1 N–H and O–H groups in total. The van der Waals surface area contributed by atoms with Gasteiger partial charge >= 0.3 is 0 Å². The Balaban J connectivity index is 1.82. The number of hydrogen-bond acceptors (Lipinski definition) is 5. The van der Waals surface area contributed by atoms with Crippen LogP contribution in [0.4, 0.5) is 0 Å². The third kappa shape index (κ3) is 3.00. The molecule has 0 bridgehead atoms. The molecule has 0 aromatic heterocycles. The number of aliphatic imine (C=N–C) groups is 1. The van der Waals surface area contributed by atoms with Crippen LogP contribution in [0.15, 0.2) is 28.1 Å². The maximum Gasteiger partial charge on any atom is 0.286 e. The van der Waals surface area contributed by atoms with E-state index in [2.05, 4.69) is 9.89 Å². The highest BCUT2D eigenvalue weighted by atomic mass is 32.2. The molecule has 1 fully saturated rings. The second kappa shape index (κ2) is 6.24. The summed E-state index contributed by atoms with van der Waals surface area (Å²) < 4.78 is 0. The van der Waals surface area contributed by atoms with Crippen LogP contribution in [0.3, 0.4) is 0 Å². The molecule has 1 aromatic carbocycles. The van der Waals surface area contributed by atoms with Crippen LogP contribution in [-0.2, 0) is 4.79 Å². The van der Waals surface area contributed by atoms with Crippen LogP contribution >= 0.6 is 11.8 Å². The molecule has 0 aliphatic carbocycles. The summed E-state index contributed by atoms with van der Waals surface area (Å²) >= 11 is 1.34. The van der Waals surface area contributed by atoms with Gasteiger partial charge in [0.15, 0.2) is 5.17 Å². The van der Waals surface area contributed by atoms with Crippen molar-refractivity contribution in [2.24, 2.45) is 4.99 Å². The van der Waals surface area contributed by atoms with Crippen molar-refractivity contribution in [3.63, 3.8) is 0 Å². The predicted octanol–water partition coefficient (Wildman–Crippen LogP) is 2.72. The third-order valence-electron chi connectivity index (χ3n) is 3.68. The molecule has 0 spiro atoms. The number of nitriles is 1. The Hall–Kier alpha value is -2.26. The fourth-order valence-corrected chi connectivity index (χ4v) is 3.46. The first-order valence-corrected chi connectivity index (χ1v) is 7.99. The van der Waals surface area contributed by atoms with E-state index in [1.54, 1.807) is 12.1 Å². The standard InChI is InChI=1S/C16H15N3O2S/c17-10-11-4-5-13(20)12(8-11)9-14-15(21)18-16(22-14)19-6-2-1-3-7-19/h4-5,8-9,20H,1-3,6-7H2. The van der Waals surface area contributed by atoms with E-state index in [1.165, 1.54) is 30.3 Å². The number of amidine groups is 1. The van der Waals surface area contributed by atoms with E-state index >= 15 is 0 Å². The highest BCUT2D eigenvalue weighted by Crippen LogP contribution is 2.33. The first-order valence-electron chi connectivity index (χ1n) is 7.18. The number of hydrogen-bond donors (Lipinski definition) is 1. The molecule has 112 valence electrons. The lowest BCUT2D eigenvalue weighted by Crippen LogP contribution is -2.33. The minimum Gasteiger partial charge on any atom is -0.507 e. The zero-order valence-corrected chi connectivity index (χ0v) is 12.8. The molecule has 2 aliphatic heterocycles. The second-order valence-corrected chi connectivity index (χ2v) is 6.25. The van der Waals surface area contributed by atoms with Crippen LogP contribution in [0.5, 0.6) is 5.75 Å². The topological polar surface area (TPSA) is 76.7 Å². The first kappa shape index (κ1) is 14.7. The molecule has 5 nitrogen and oxygen atoms in total. The van der Waals surface area contributed by atoms with Gasteiger partial charge in [-0.1, -0.05) is 0 Å². The number of carbonyl (C=O) groups excluding carboxylic acids is 1. The van der Waals surface area contributed by atoms with Crippen molar-refractivity contribution in [1.82, 2.24) is 4.90 Å². The van der Waals surface area contributed by atoms with Crippen molar-refractivity contribution in [1.29, 1.82) is 5.26 Å². The summed E-state index contributed by atoms with van der Waals surface area (Å²) in [4.78, 5) is 18.8. The van der Waals surface area contributed by atoms with Crippen molar-refractivity contribution < 1.29 is 9.90 Å². The van der Waals surface area contributed by atoms with Crippen LogP contribution < -0.4 is 0 Å². The fraction of sp³-hybridized carbons (Fsp3) is 0.312. The number of rotatable bonds is 1. The molecule has 0 radical (unpaired) electrons. The van der Waals surface area contributed by atoms with Crippen LogP contribution in [0, 0.1) is 11.3 Å². The summed E-state index contributed by atoms with van der Waals surface area (Å²) in [5, 5.41) is 19.5. The average molecular weight is 313 g/mol. The molecular weight excluding hydrogens is 298 g/mol. The van der Waals surface area contributed by atoms with Crippen LogP contribution in [0.1, 0.15) is 30.4 Å². The van der Waals surface area contributed by atoms with Gasteiger partial charge in [0, 0.05) is 18.7 Å². The van der Waals surface area contributed by atoms with Gasteiger partial charge in [0.1, 0.15) is 5.75 Å². The van der Waals surface area contributed by atoms with E-state index in [0.29, 0.717) is 16.0 Å². The van der Waals surface area contributed by atoms with Gasteiger partial charge in [-0.25, -0.2) is 0 Å². The Morgan fingerprint density at radius 1 is 1.32 bits per heavy atom. The second-order valence-electron chi connectivity index (χ2n) is 5.24. The molecule has 1 saturated heterocycles. The maximum absolute atomic E-state index is 12.0. The SMILES string of the molecule is N#Cc1ccc(O)c(C=C2SC(N3CCCCC3)=NC2=O)c1. The summed E-state index contributed by atoms with van der Waals surface area (Å²) in [5.74, 6) is -0.237. The molecule has 2 aliphatic rings. The predicted molar refractivity (Wildman–Crippen MR) is 86.3 cm³/mol. The van der Waals surface area contributed by atoms with Crippen LogP contribution in [-0.4, -0.2) is 34.2 Å². The minimum absolute atomic E-state index is 0.0475. The summed E-state index contributed by atoms with van der Waals surface area (Å²) in [6.45, 7) is 1.86. The number of likely N-dealkylation sites (tertiary alicyclic amines) is 1. The number of piperidine rings is 1. The lowest BCUT2D eigenvalue weighted by atomic mass is 10.1. The van der Waals surface area contributed by atoms with E-state index in [0.717, 1.165) is 31.1 Å². The van der Waals surface area contributed by atoms with E-state index < -0.39 is 0 Å². The van der Waals surface area contributed by atoms with Gasteiger partial charge in [0.2, 0.25) is 0 Å². The molecule has 1 aromatic rings. The number of amides is 1. The van der Waals surface area contributed by atoms with Crippen LogP contribution in [0.2, 0.25) is 0 Å². The number of phenolic OH excluding ortho intramolecular Hbond substituents is 1. The van der Waals surface area contributed by atoms with Crippen LogP contribution in [0.25, 0.3) is 6.08 Å². The average Bonchev–Trinajstić information content (AvgIpc) is 2.91. The monoisotopic (exact) mass is 313 g/mol. The Morgan fingerprint density at radius 2 is 2.09 bits per heavy atom. The normalized spacial score (nSPS) is 20.1. The van der Waals surface area contributed by atoms with Gasteiger partial charge in [0.25, 0.3) is 5.91 Å². The molecule has 1 amide bonds. The quantitative estimate of drug-likeness (QED) is 0.807. The fourth-order valence-electron chi connectivity index (χ4n) is 2.50. The van der Waals surface area contributed by atoms with E-state index in [9.17, 15) is 9.90 Å².